The molecule has 1 aromatic carbocycles. The Balaban J connectivity index is 1.53. The standard InChI is InChI=1S/C18H16N4O4S3/c1-2-26-16(25)11-6-3-4-7-12(11)19-14(23)10-28-18-22-21-17(29-18)20-15(24)13-8-5-9-27-13/h3-9H,2,10H2,1H3,(H,19,23)(H,20,21,24). The van der Waals surface area contributed by atoms with Crippen LogP contribution in [0.2, 0.25) is 0 Å². The number of nitrogens with zero attached hydrogens (tertiary/aromatic N) is 2. The summed E-state index contributed by atoms with van der Waals surface area (Å²) < 4.78 is 5.54. The molecule has 8 nitrogen and oxygen atoms in total. The number of esters is 1. The van der Waals surface area contributed by atoms with Crippen LogP contribution in [0.3, 0.4) is 0 Å². The van der Waals surface area contributed by atoms with E-state index >= 15 is 0 Å². The highest BCUT2D eigenvalue weighted by Gasteiger charge is 2.15. The van der Waals surface area contributed by atoms with Crippen LogP contribution in [0, 0.1) is 0 Å². The predicted molar refractivity (Wildman–Crippen MR) is 114 cm³/mol. The van der Waals surface area contributed by atoms with Crippen molar-refractivity contribution in [3.8, 4) is 0 Å². The van der Waals surface area contributed by atoms with E-state index in [0.29, 0.717) is 25.6 Å². The van der Waals surface area contributed by atoms with Gasteiger partial charge in [-0.3, -0.25) is 14.9 Å². The number of benzene rings is 1. The summed E-state index contributed by atoms with van der Waals surface area (Å²) >= 11 is 3.70. The topological polar surface area (TPSA) is 110 Å². The van der Waals surface area contributed by atoms with Crippen LogP contribution in [0.5, 0.6) is 0 Å². The number of thioether (sulfide) groups is 1. The second-order valence-electron chi connectivity index (χ2n) is 5.41. The first-order chi connectivity index (χ1) is 14.1. The second kappa shape index (κ2) is 10.1. The molecule has 2 N–H and O–H groups in total. The van der Waals surface area contributed by atoms with E-state index in [2.05, 4.69) is 20.8 Å². The van der Waals surface area contributed by atoms with Gasteiger partial charge in [-0.1, -0.05) is 41.3 Å². The number of aromatic nitrogens is 2. The summed E-state index contributed by atoms with van der Waals surface area (Å²) in [5.41, 5.74) is 0.680. The highest BCUT2D eigenvalue weighted by atomic mass is 32.2. The number of anilines is 2. The third-order valence-electron chi connectivity index (χ3n) is 3.40. The molecule has 0 radical (unpaired) electrons. The van der Waals surface area contributed by atoms with Crippen molar-refractivity contribution in [3.05, 3.63) is 52.2 Å². The lowest BCUT2D eigenvalue weighted by molar-refractivity contribution is -0.113. The maximum atomic E-state index is 12.3. The zero-order chi connectivity index (χ0) is 20.6. The minimum Gasteiger partial charge on any atom is -0.462 e. The largest absolute Gasteiger partial charge is 0.462 e. The first-order valence-corrected chi connectivity index (χ1v) is 11.1. The van der Waals surface area contributed by atoms with Gasteiger partial charge < -0.3 is 10.1 Å². The monoisotopic (exact) mass is 448 g/mol. The van der Waals surface area contributed by atoms with Gasteiger partial charge in [-0.2, -0.15) is 0 Å². The molecule has 0 aliphatic rings. The normalized spacial score (nSPS) is 10.4. The quantitative estimate of drug-likeness (QED) is 0.307. The lowest BCUT2D eigenvalue weighted by Crippen LogP contribution is -2.17. The Kier molecular flexibility index (Phi) is 7.33. The molecule has 2 amide bonds. The first kappa shape index (κ1) is 21.0. The molecule has 3 rings (SSSR count). The molecule has 2 heterocycles. The van der Waals surface area contributed by atoms with E-state index in [1.807, 2.05) is 5.38 Å². The summed E-state index contributed by atoms with van der Waals surface area (Å²) in [5, 5.41) is 15.4. The molecule has 0 aliphatic carbocycles. The molecule has 0 atom stereocenters. The number of amides is 2. The Morgan fingerprint density at radius 2 is 1.93 bits per heavy atom. The molecular weight excluding hydrogens is 432 g/mol. The number of carbonyl (C=O) groups is 3. The SMILES string of the molecule is CCOC(=O)c1ccccc1NC(=O)CSc1nnc(NC(=O)c2cccs2)s1. The van der Waals surface area contributed by atoms with Gasteiger partial charge in [-0.15, -0.1) is 21.5 Å². The number of thiophene rings is 1. The van der Waals surface area contributed by atoms with Crippen LogP contribution >= 0.6 is 34.4 Å². The number of hydrogen-bond donors (Lipinski definition) is 2. The number of para-hydroxylation sites is 1. The Morgan fingerprint density at radius 1 is 1.10 bits per heavy atom. The number of carbonyl (C=O) groups excluding carboxylic acids is 3. The van der Waals surface area contributed by atoms with Crippen LogP contribution in [0.1, 0.15) is 27.0 Å². The van der Waals surface area contributed by atoms with Crippen molar-refractivity contribution in [2.75, 3.05) is 23.0 Å². The maximum Gasteiger partial charge on any atom is 0.340 e. The van der Waals surface area contributed by atoms with Crippen LogP contribution in [0.25, 0.3) is 0 Å². The summed E-state index contributed by atoms with van der Waals surface area (Å²) in [6, 6.07) is 10.2. The van der Waals surface area contributed by atoms with Crippen LogP contribution in [-0.4, -0.2) is 40.3 Å². The summed E-state index contributed by atoms with van der Waals surface area (Å²) in [6.07, 6.45) is 0. The zero-order valence-electron chi connectivity index (χ0n) is 15.2. The average Bonchev–Trinajstić information content (AvgIpc) is 3.39. The van der Waals surface area contributed by atoms with Gasteiger partial charge in [-0.05, 0) is 30.5 Å². The lowest BCUT2D eigenvalue weighted by atomic mass is 10.2. The smallest absolute Gasteiger partial charge is 0.340 e. The maximum absolute atomic E-state index is 12.3. The minimum atomic E-state index is -0.494. The predicted octanol–water partition coefficient (Wildman–Crippen LogP) is 3.76. The van der Waals surface area contributed by atoms with Crippen molar-refractivity contribution in [3.63, 3.8) is 0 Å². The van der Waals surface area contributed by atoms with Crippen molar-refractivity contribution in [1.82, 2.24) is 10.2 Å². The van der Waals surface area contributed by atoms with Crippen LogP contribution in [-0.2, 0) is 9.53 Å². The van der Waals surface area contributed by atoms with Crippen molar-refractivity contribution in [1.29, 1.82) is 0 Å². The third-order valence-corrected chi connectivity index (χ3v) is 6.24. The average molecular weight is 449 g/mol. The van der Waals surface area contributed by atoms with E-state index in [0.717, 1.165) is 0 Å². The van der Waals surface area contributed by atoms with Crippen LogP contribution in [0.4, 0.5) is 10.8 Å². The summed E-state index contributed by atoms with van der Waals surface area (Å²) in [5.74, 6) is -0.969. The molecule has 0 fully saturated rings. The van der Waals surface area contributed by atoms with Crippen molar-refractivity contribution in [2.45, 2.75) is 11.3 Å². The molecule has 0 bridgehead atoms. The van der Waals surface area contributed by atoms with Gasteiger partial charge in [0.25, 0.3) is 5.91 Å². The fourth-order valence-electron chi connectivity index (χ4n) is 2.18. The van der Waals surface area contributed by atoms with E-state index in [-0.39, 0.29) is 24.2 Å². The van der Waals surface area contributed by atoms with Gasteiger partial charge >= 0.3 is 5.97 Å². The highest BCUT2D eigenvalue weighted by Crippen LogP contribution is 2.26. The van der Waals surface area contributed by atoms with E-state index in [4.69, 9.17) is 4.74 Å². The van der Waals surface area contributed by atoms with Crippen molar-refractivity contribution < 1.29 is 19.1 Å². The van der Waals surface area contributed by atoms with Gasteiger partial charge in [-0.25, -0.2) is 4.79 Å². The summed E-state index contributed by atoms with van der Waals surface area (Å²) in [7, 11) is 0. The van der Waals surface area contributed by atoms with Crippen molar-refractivity contribution >= 4 is 63.0 Å². The fraction of sp³-hybridized carbons (Fsp3) is 0.167. The van der Waals surface area contributed by atoms with Crippen molar-refractivity contribution in [2.24, 2.45) is 0 Å². The molecule has 29 heavy (non-hydrogen) atoms. The van der Waals surface area contributed by atoms with E-state index in [1.165, 1.54) is 34.4 Å². The third kappa shape index (κ3) is 5.86. The number of hydrogen-bond acceptors (Lipinski definition) is 9. The van der Waals surface area contributed by atoms with E-state index < -0.39 is 5.97 Å². The van der Waals surface area contributed by atoms with Gasteiger partial charge in [0.2, 0.25) is 11.0 Å². The molecule has 0 saturated carbocycles. The zero-order valence-corrected chi connectivity index (χ0v) is 17.7. The minimum absolute atomic E-state index is 0.0741. The molecular formula is C18H16N4O4S3. The number of rotatable bonds is 8. The fourth-order valence-corrected chi connectivity index (χ4v) is 4.34. The Hall–Kier alpha value is -2.76. The molecule has 11 heteroatoms. The second-order valence-corrected chi connectivity index (χ2v) is 8.56. The van der Waals surface area contributed by atoms with Gasteiger partial charge in [0.05, 0.1) is 28.5 Å². The molecule has 150 valence electrons. The molecule has 0 saturated heterocycles. The van der Waals surface area contributed by atoms with Gasteiger partial charge in [0.1, 0.15) is 0 Å². The number of nitrogens with one attached hydrogen (secondary N) is 2. The first-order valence-electron chi connectivity index (χ1n) is 8.44. The lowest BCUT2D eigenvalue weighted by Gasteiger charge is -2.09. The molecule has 2 aromatic heterocycles. The summed E-state index contributed by atoms with van der Waals surface area (Å²) in [6.45, 7) is 1.97. The van der Waals surface area contributed by atoms with E-state index in [1.54, 1.807) is 43.3 Å². The Bertz CT molecular complexity index is 1000. The Morgan fingerprint density at radius 3 is 2.69 bits per heavy atom. The van der Waals surface area contributed by atoms with Gasteiger partial charge in [0, 0.05) is 0 Å². The molecule has 0 aliphatic heterocycles. The van der Waals surface area contributed by atoms with Crippen LogP contribution < -0.4 is 10.6 Å². The number of ether oxygens (including phenoxy) is 1. The van der Waals surface area contributed by atoms with E-state index in [9.17, 15) is 14.4 Å². The molecule has 0 unspecified atom stereocenters. The Labute approximate surface area is 178 Å². The summed E-state index contributed by atoms with van der Waals surface area (Å²) in [4.78, 5) is 36.8. The highest BCUT2D eigenvalue weighted by molar-refractivity contribution is 8.01. The molecule has 0 spiro atoms. The molecule has 3 aromatic rings. The van der Waals surface area contributed by atoms with Gasteiger partial charge in [0.15, 0.2) is 4.34 Å². The van der Waals surface area contributed by atoms with Crippen LogP contribution in [0.15, 0.2) is 46.1 Å².